The van der Waals surface area contributed by atoms with Crippen molar-refractivity contribution in [2.75, 3.05) is 6.54 Å². The average molecular weight is 199 g/mol. The number of nitrogens with two attached hydrogens (primary N) is 2. The van der Waals surface area contributed by atoms with Gasteiger partial charge in [-0.05, 0) is 26.7 Å². The average Bonchev–Trinajstić information content (AvgIpc) is 2.80. The van der Waals surface area contributed by atoms with Crippen LogP contribution in [-0.2, 0) is 9.59 Å². The highest BCUT2D eigenvalue weighted by Crippen LogP contribution is 2.32. The molecule has 0 atom stereocenters. The van der Waals surface area contributed by atoms with Crippen molar-refractivity contribution in [2.45, 2.75) is 32.2 Å². The Morgan fingerprint density at radius 1 is 1.43 bits per heavy atom. The molecule has 0 spiro atoms. The van der Waals surface area contributed by atoms with Gasteiger partial charge in [-0.15, -0.1) is 0 Å². The highest BCUT2D eigenvalue weighted by Gasteiger charge is 2.46. The summed E-state index contributed by atoms with van der Waals surface area (Å²) in [4.78, 5) is 22.3. The van der Waals surface area contributed by atoms with Crippen molar-refractivity contribution in [3.8, 4) is 0 Å². The van der Waals surface area contributed by atoms with Gasteiger partial charge in [-0.2, -0.15) is 0 Å². The Morgan fingerprint density at radius 2 is 1.93 bits per heavy atom. The van der Waals surface area contributed by atoms with Crippen molar-refractivity contribution < 1.29 is 9.59 Å². The molecule has 5 N–H and O–H groups in total. The van der Waals surface area contributed by atoms with Crippen molar-refractivity contribution >= 4 is 11.8 Å². The van der Waals surface area contributed by atoms with E-state index >= 15 is 0 Å². The number of rotatable bonds is 4. The molecule has 5 heteroatoms. The zero-order chi connectivity index (χ0) is 11.0. The van der Waals surface area contributed by atoms with E-state index in [0.29, 0.717) is 0 Å². The van der Waals surface area contributed by atoms with Crippen LogP contribution in [0.3, 0.4) is 0 Å². The molecule has 1 fully saturated rings. The van der Waals surface area contributed by atoms with E-state index in [1.54, 1.807) is 13.8 Å². The number of primary amides is 1. The van der Waals surface area contributed by atoms with E-state index in [2.05, 4.69) is 5.32 Å². The van der Waals surface area contributed by atoms with Gasteiger partial charge in [-0.25, -0.2) is 0 Å². The summed E-state index contributed by atoms with van der Waals surface area (Å²) in [6, 6.07) is 0. The van der Waals surface area contributed by atoms with Gasteiger partial charge in [-0.1, -0.05) is 0 Å². The first-order valence-electron chi connectivity index (χ1n) is 4.65. The summed E-state index contributed by atoms with van der Waals surface area (Å²) in [5, 5.41) is 2.64. The lowest BCUT2D eigenvalue weighted by atomic mass is 9.92. The third kappa shape index (κ3) is 2.23. The van der Waals surface area contributed by atoms with E-state index in [0.717, 1.165) is 12.8 Å². The van der Waals surface area contributed by atoms with Crippen LogP contribution < -0.4 is 16.8 Å². The lowest BCUT2D eigenvalue weighted by Gasteiger charge is -2.21. The Labute approximate surface area is 83.2 Å². The van der Waals surface area contributed by atoms with Crippen LogP contribution in [0, 0.1) is 5.41 Å². The lowest BCUT2D eigenvalue weighted by molar-refractivity contribution is -0.127. The van der Waals surface area contributed by atoms with Crippen LogP contribution in [0.2, 0.25) is 0 Å². The highest BCUT2D eigenvalue weighted by atomic mass is 16.2. The van der Waals surface area contributed by atoms with Gasteiger partial charge >= 0.3 is 0 Å². The van der Waals surface area contributed by atoms with E-state index in [1.807, 2.05) is 0 Å². The summed E-state index contributed by atoms with van der Waals surface area (Å²) in [6.07, 6.45) is 1.44. The second-order valence-electron chi connectivity index (χ2n) is 4.59. The smallest absolute Gasteiger partial charge is 0.240 e. The summed E-state index contributed by atoms with van der Waals surface area (Å²) in [6.45, 7) is 3.61. The zero-order valence-electron chi connectivity index (χ0n) is 8.59. The van der Waals surface area contributed by atoms with E-state index in [4.69, 9.17) is 11.5 Å². The molecule has 0 aromatic rings. The minimum atomic E-state index is -0.721. The van der Waals surface area contributed by atoms with E-state index in [1.165, 1.54) is 0 Å². The first-order valence-corrected chi connectivity index (χ1v) is 4.65. The molecule has 1 rings (SSSR count). The summed E-state index contributed by atoms with van der Waals surface area (Å²) >= 11 is 0. The Balaban J connectivity index is 2.40. The molecule has 14 heavy (non-hydrogen) atoms. The van der Waals surface area contributed by atoms with Crippen LogP contribution in [0.1, 0.15) is 26.7 Å². The topological polar surface area (TPSA) is 98.2 Å². The van der Waals surface area contributed by atoms with Crippen LogP contribution in [0.25, 0.3) is 0 Å². The minimum absolute atomic E-state index is 0.188. The van der Waals surface area contributed by atoms with Gasteiger partial charge in [0.1, 0.15) is 0 Å². The Hall–Kier alpha value is -1.10. The van der Waals surface area contributed by atoms with Crippen LogP contribution in [0.5, 0.6) is 0 Å². The Kier molecular flexibility index (Phi) is 2.54. The number of nitrogens with one attached hydrogen (secondary N) is 1. The van der Waals surface area contributed by atoms with Crippen LogP contribution in [0.4, 0.5) is 0 Å². The van der Waals surface area contributed by atoms with E-state index in [-0.39, 0.29) is 12.5 Å². The molecule has 0 bridgehead atoms. The number of hydrogen-bond acceptors (Lipinski definition) is 3. The largest absolute Gasteiger partial charge is 0.369 e. The molecule has 5 nitrogen and oxygen atoms in total. The quantitative estimate of drug-likeness (QED) is 0.547. The summed E-state index contributed by atoms with van der Waals surface area (Å²) < 4.78 is 0. The minimum Gasteiger partial charge on any atom is -0.369 e. The molecule has 0 heterocycles. The monoisotopic (exact) mass is 199 g/mol. The van der Waals surface area contributed by atoms with Gasteiger partial charge in [0, 0.05) is 6.54 Å². The van der Waals surface area contributed by atoms with Crippen molar-refractivity contribution in [1.29, 1.82) is 0 Å². The SMILES string of the molecule is CC(C)(CNC(=O)C1(N)CC1)C(N)=O. The first kappa shape index (κ1) is 11.0. The van der Waals surface area contributed by atoms with E-state index in [9.17, 15) is 9.59 Å². The maximum atomic E-state index is 11.4. The van der Waals surface area contributed by atoms with Crippen molar-refractivity contribution in [2.24, 2.45) is 16.9 Å². The van der Waals surface area contributed by atoms with Crippen LogP contribution >= 0.6 is 0 Å². The molecule has 2 amide bonds. The third-order valence-electron chi connectivity index (χ3n) is 2.60. The van der Waals surface area contributed by atoms with Gasteiger partial charge < -0.3 is 16.8 Å². The lowest BCUT2D eigenvalue weighted by Crippen LogP contribution is -2.48. The van der Waals surface area contributed by atoms with Crippen molar-refractivity contribution in [3.63, 3.8) is 0 Å². The predicted molar refractivity (Wildman–Crippen MR) is 52.1 cm³/mol. The third-order valence-corrected chi connectivity index (χ3v) is 2.60. The van der Waals surface area contributed by atoms with Crippen molar-refractivity contribution in [3.05, 3.63) is 0 Å². The molecule has 0 radical (unpaired) electrons. The summed E-state index contributed by atoms with van der Waals surface area (Å²) in [7, 11) is 0. The number of carbonyl (C=O) groups is 2. The predicted octanol–water partition coefficient (Wildman–Crippen LogP) is -0.895. The molecule has 1 aliphatic rings. The molecule has 0 aromatic heterocycles. The molecule has 0 saturated heterocycles. The maximum Gasteiger partial charge on any atom is 0.240 e. The molecule has 80 valence electrons. The second kappa shape index (κ2) is 3.24. The van der Waals surface area contributed by atoms with E-state index < -0.39 is 16.9 Å². The first-order chi connectivity index (χ1) is 6.28. The molecule has 0 unspecified atom stereocenters. The van der Waals surface area contributed by atoms with Gasteiger partial charge in [0.2, 0.25) is 11.8 Å². The molecule has 0 aliphatic heterocycles. The van der Waals surface area contributed by atoms with Crippen LogP contribution in [0.15, 0.2) is 0 Å². The fourth-order valence-corrected chi connectivity index (χ4v) is 0.926. The van der Waals surface area contributed by atoms with Gasteiger partial charge in [-0.3, -0.25) is 9.59 Å². The number of carbonyl (C=O) groups excluding carboxylic acids is 2. The summed E-state index contributed by atoms with van der Waals surface area (Å²) in [5.74, 6) is -0.619. The number of amides is 2. The fraction of sp³-hybridized carbons (Fsp3) is 0.778. The molecule has 0 aromatic carbocycles. The Morgan fingerprint density at radius 3 is 2.29 bits per heavy atom. The molecule has 1 aliphatic carbocycles. The van der Waals surface area contributed by atoms with Gasteiger partial charge in [0.05, 0.1) is 11.0 Å². The number of hydrogen-bond donors (Lipinski definition) is 3. The van der Waals surface area contributed by atoms with Gasteiger partial charge in [0.15, 0.2) is 0 Å². The van der Waals surface area contributed by atoms with Crippen LogP contribution in [-0.4, -0.2) is 23.9 Å². The van der Waals surface area contributed by atoms with Gasteiger partial charge in [0.25, 0.3) is 0 Å². The maximum absolute atomic E-state index is 11.4. The summed E-state index contributed by atoms with van der Waals surface area (Å²) in [5.41, 5.74) is 9.42. The zero-order valence-corrected chi connectivity index (χ0v) is 8.59. The molecular formula is C9H17N3O2. The second-order valence-corrected chi connectivity index (χ2v) is 4.59. The molecule has 1 saturated carbocycles. The molecular weight excluding hydrogens is 182 g/mol. The Bertz CT molecular complexity index is 269. The standard InChI is InChI=1S/C9H17N3O2/c1-8(2,6(10)13)5-12-7(14)9(11)3-4-9/h3-5,11H2,1-2H3,(H2,10,13)(H,12,14). The normalized spacial score (nSPS) is 18.8. The highest BCUT2D eigenvalue weighted by molar-refractivity contribution is 5.89. The van der Waals surface area contributed by atoms with Crippen molar-refractivity contribution in [1.82, 2.24) is 5.32 Å². The fourth-order valence-electron chi connectivity index (χ4n) is 0.926.